The maximum absolute atomic E-state index is 12.7. The number of halogens is 4. The highest BCUT2D eigenvalue weighted by atomic mass is 35.5. The first-order valence-electron chi connectivity index (χ1n) is 2.94. The number of nitrogens with two attached hydrogens (primary N) is 1. The molecule has 0 amide bonds. The van der Waals surface area contributed by atoms with E-state index < -0.39 is 29.4 Å². The highest BCUT2D eigenvalue weighted by Crippen LogP contribution is 2.26. The molecule has 0 bridgehead atoms. The van der Waals surface area contributed by atoms with Crippen molar-refractivity contribution in [2.24, 2.45) is 0 Å². The second-order valence-electron chi connectivity index (χ2n) is 1.87. The molecule has 8 heteroatoms. The second kappa shape index (κ2) is 3.65. The molecule has 0 atom stereocenters. The Hall–Kier alpha value is -1.24. The van der Waals surface area contributed by atoms with Crippen molar-refractivity contribution in [2.75, 3.05) is 5.73 Å². The van der Waals surface area contributed by atoms with Crippen LogP contribution < -0.4 is 10.5 Å². The zero-order valence-electron chi connectivity index (χ0n) is 5.97. The maximum atomic E-state index is 12.7. The van der Waals surface area contributed by atoms with E-state index in [1.807, 2.05) is 0 Å². The first kappa shape index (κ1) is 9.85. The van der Waals surface area contributed by atoms with Crippen LogP contribution in [0.3, 0.4) is 0 Å². The van der Waals surface area contributed by atoms with Gasteiger partial charge >= 0.3 is 6.61 Å². The summed E-state index contributed by atoms with van der Waals surface area (Å²) in [5, 5.41) is -0.592. The van der Waals surface area contributed by atoms with E-state index >= 15 is 0 Å². The van der Waals surface area contributed by atoms with Crippen molar-refractivity contribution in [1.82, 2.24) is 9.97 Å². The number of nitrogen functional groups attached to an aromatic ring is 1. The van der Waals surface area contributed by atoms with Crippen molar-refractivity contribution in [3.63, 3.8) is 0 Å². The predicted octanol–water partition coefficient (Wildman–Crippen LogP) is 1.45. The molecule has 0 aliphatic rings. The minimum absolute atomic E-state index is 0.455. The zero-order valence-corrected chi connectivity index (χ0v) is 6.73. The van der Waals surface area contributed by atoms with Crippen LogP contribution in [0.5, 0.6) is 5.75 Å². The third kappa shape index (κ3) is 2.35. The number of nitrogens with zero attached hydrogens (tertiary/aromatic N) is 2. The van der Waals surface area contributed by atoms with E-state index in [4.69, 9.17) is 17.3 Å². The van der Waals surface area contributed by atoms with E-state index in [9.17, 15) is 13.2 Å². The van der Waals surface area contributed by atoms with E-state index in [1.165, 1.54) is 0 Å². The molecule has 2 N–H and O–H groups in total. The number of alkyl halides is 2. The fourth-order valence-corrected chi connectivity index (χ4v) is 0.808. The Morgan fingerprint density at radius 2 is 2.00 bits per heavy atom. The average molecular weight is 214 g/mol. The number of anilines is 1. The molecule has 4 nitrogen and oxygen atoms in total. The lowest BCUT2D eigenvalue weighted by Crippen LogP contribution is -2.08. The smallest absolute Gasteiger partial charge is 0.387 e. The number of hydrogen-bond donors (Lipinski definition) is 1. The van der Waals surface area contributed by atoms with Gasteiger partial charge in [0.25, 0.3) is 5.95 Å². The van der Waals surface area contributed by atoms with Crippen LogP contribution in [0.1, 0.15) is 0 Å². The minimum atomic E-state index is -3.20. The monoisotopic (exact) mass is 213 g/mol. The minimum Gasteiger partial charge on any atom is -0.427 e. The quantitative estimate of drug-likeness (QED) is 0.756. The molecule has 0 aromatic carbocycles. The average Bonchev–Trinajstić information content (AvgIpc) is 1.96. The molecule has 0 spiro atoms. The van der Waals surface area contributed by atoms with Crippen molar-refractivity contribution in [2.45, 2.75) is 6.61 Å². The van der Waals surface area contributed by atoms with E-state index in [0.717, 1.165) is 0 Å². The fraction of sp³-hybridized carbons (Fsp3) is 0.200. The van der Waals surface area contributed by atoms with E-state index in [0.29, 0.717) is 0 Å². The molecule has 0 saturated carbocycles. The van der Waals surface area contributed by atoms with Crippen LogP contribution in [0.25, 0.3) is 0 Å². The predicted molar refractivity (Wildman–Crippen MR) is 38.0 cm³/mol. The molecule has 1 heterocycles. The van der Waals surface area contributed by atoms with Gasteiger partial charge in [0.15, 0.2) is 5.15 Å². The summed E-state index contributed by atoms with van der Waals surface area (Å²) in [5.74, 6) is -2.69. The van der Waals surface area contributed by atoms with Gasteiger partial charge in [-0.15, -0.1) is 0 Å². The lowest BCUT2D eigenvalue weighted by atomic mass is 10.6. The number of aromatic nitrogens is 2. The number of rotatable bonds is 2. The summed E-state index contributed by atoms with van der Waals surface area (Å²) in [6.07, 6.45) is 0. The molecule has 0 aliphatic heterocycles. The molecule has 13 heavy (non-hydrogen) atoms. The Morgan fingerprint density at radius 1 is 1.38 bits per heavy atom. The van der Waals surface area contributed by atoms with Gasteiger partial charge in [-0.25, -0.2) is 0 Å². The topological polar surface area (TPSA) is 61.0 Å². The van der Waals surface area contributed by atoms with Crippen molar-refractivity contribution < 1.29 is 17.9 Å². The molecule has 1 aromatic heterocycles. The molecule has 1 aromatic rings. The molecular weight excluding hydrogens is 211 g/mol. The van der Waals surface area contributed by atoms with E-state index in [-0.39, 0.29) is 0 Å². The van der Waals surface area contributed by atoms with Gasteiger partial charge in [-0.2, -0.15) is 23.1 Å². The lowest BCUT2D eigenvalue weighted by molar-refractivity contribution is -0.0528. The third-order valence-electron chi connectivity index (χ3n) is 1.01. The van der Waals surface area contributed by atoms with Gasteiger partial charge in [-0.3, -0.25) is 0 Å². The first-order chi connectivity index (χ1) is 6.00. The van der Waals surface area contributed by atoms with Gasteiger partial charge in [-0.05, 0) is 0 Å². The van der Waals surface area contributed by atoms with Gasteiger partial charge in [0, 0.05) is 0 Å². The third-order valence-corrected chi connectivity index (χ3v) is 1.26. The molecule has 0 fully saturated rings. The summed E-state index contributed by atoms with van der Waals surface area (Å²) in [4.78, 5) is 6.17. The second-order valence-corrected chi connectivity index (χ2v) is 2.23. The molecule has 0 saturated heterocycles. The molecule has 1 rings (SSSR count). The van der Waals surface area contributed by atoms with Gasteiger partial charge in [0.1, 0.15) is 0 Å². The summed E-state index contributed by atoms with van der Waals surface area (Å²) >= 11 is 5.25. The lowest BCUT2D eigenvalue weighted by Gasteiger charge is -2.05. The van der Waals surface area contributed by atoms with Crippen molar-refractivity contribution in [3.8, 4) is 5.75 Å². The summed E-state index contributed by atoms with van der Waals surface area (Å²) < 4.78 is 39.7. The Kier molecular flexibility index (Phi) is 2.76. The summed E-state index contributed by atoms with van der Waals surface area (Å²) in [7, 11) is 0. The van der Waals surface area contributed by atoms with Crippen LogP contribution in [-0.4, -0.2) is 16.6 Å². The highest BCUT2D eigenvalue weighted by Gasteiger charge is 2.17. The van der Waals surface area contributed by atoms with Gasteiger partial charge < -0.3 is 10.5 Å². The van der Waals surface area contributed by atoms with Crippen LogP contribution >= 0.6 is 11.6 Å². The van der Waals surface area contributed by atoms with Crippen LogP contribution in [0.2, 0.25) is 5.15 Å². The summed E-state index contributed by atoms with van der Waals surface area (Å²) in [6, 6.07) is 0. The van der Waals surface area contributed by atoms with Crippen LogP contribution in [0.4, 0.5) is 19.1 Å². The largest absolute Gasteiger partial charge is 0.427 e. The normalized spacial score (nSPS) is 10.5. The van der Waals surface area contributed by atoms with E-state index in [2.05, 4.69) is 14.7 Å². The van der Waals surface area contributed by atoms with Gasteiger partial charge in [0.2, 0.25) is 11.7 Å². The van der Waals surface area contributed by atoms with Crippen LogP contribution in [0, 0.1) is 5.95 Å². The van der Waals surface area contributed by atoms with Crippen molar-refractivity contribution in [1.29, 1.82) is 0 Å². The van der Waals surface area contributed by atoms with Gasteiger partial charge in [0.05, 0.1) is 0 Å². The Bertz CT molecular complexity index is 299. The van der Waals surface area contributed by atoms with Crippen molar-refractivity contribution >= 4 is 17.5 Å². The molecule has 0 aliphatic carbocycles. The first-order valence-corrected chi connectivity index (χ1v) is 3.32. The number of ether oxygens (including phenoxy) is 1. The van der Waals surface area contributed by atoms with Gasteiger partial charge in [-0.1, -0.05) is 11.6 Å². The fourth-order valence-electron chi connectivity index (χ4n) is 0.599. The Morgan fingerprint density at radius 3 is 2.46 bits per heavy atom. The molecule has 0 radical (unpaired) electrons. The standard InChI is InChI=1S/C5H3ClF3N3O/c6-2-1(13-4(8)9)3(7)12-5(10)11-2/h4H,(H2,10,11,12). The van der Waals surface area contributed by atoms with Crippen LogP contribution in [-0.2, 0) is 0 Å². The zero-order chi connectivity index (χ0) is 10.0. The summed E-state index contributed by atoms with van der Waals surface area (Å²) in [5.41, 5.74) is 4.97. The Labute approximate surface area is 75.5 Å². The summed E-state index contributed by atoms with van der Waals surface area (Å²) in [6.45, 7) is -3.20. The maximum Gasteiger partial charge on any atom is 0.387 e. The SMILES string of the molecule is Nc1nc(F)c(OC(F)F)c(Cl)n1. The molecular formula is C5H3ClF3N3O. The molecule has 72 valence electrons. The number of hydrogen-bond acceptors (Lipinski definition) is 4. The Balaban J connectivity index is 3.06. The van der Waals surface area contributed by atoms with Crippen molar-refractivity contribution in [3.05, 3.63) is 11.1 Å². The van der Waals surface area contributed by atoms with Crippen LogP contribution in [0.15, 0.2) is 0 Å². The highest BCUT2D eigenvalue weighted by molar-refractivity contribution is 6.30. The molecule has 0 unspecified atom stereocenters. The van der Waals surface area contributed by atoms with E-state index in [1.54, 1.807) is 0 Å².